The van der Waals surface area contributed by atoms with Crippen molar-refractivity contribution in [2.24, 2.45) is 0 Å². The molecule has 1 aromatic rings. The van der Waals surface area contributed by atoms with E-state index in [2.05, 4.69) is 4.74 Å². The minimum atomic E-state index is -3.71. The lowest BCUT2D eigenvalue weighted by Crippen LogP contribution is -2.30. The number of sulfone groups is 1. The number of carbonyl (C=O) groups is 1. The molecule has 1 aromatic carbocycles. The second-order valence-corrected chi connectivity index (χ2v) is 5.99. The van der Waals surface area contributed by atoms with Gasteiger partial charge in [-0.2, -0.15) is 0 Å². The zero-order valence-corrected chi connectivity index (χ0v) is 11.1. The van der Waals surface area contributed by atoms with Crippen molar-refractivity contribution in [3.8, 4) is 0 Å². The predicted molar refractivity (Wildman–Crippen MR) is 64.7 cm³/mol. The van der Waals surface area contributed by atoms with Gasteiger partial charge >= 0.3 is 5.97 Å². The van der Waals surface area contributed by atoms with Crippen LogP contribution in [0.1, 0.15) is 13.3 Å². The molecule has 0 amide bonds. The molecule has 0 spiro atoms. The summed E-state index contributed by atoms with van der Waals surface area (Å²) in [7, 11) is -2.54. The van der Waals surface area contributed by atoms with Crippen LogP contribution < -0.4 is 0 Å². The number of hydrogen-bond acceptors (Lipinski definition) is 4. The molecule has 0 fully saturated rings. The van der Waals surface area contributed by atoms with Gasteiger partial charge in [-0.25, -0.2) is 8.42 Å². The van der Waals surface area contributed by atoms with Crippen LogP contribution in [-0.4, -0.2) is 26.7 Å². The third-order valence-electron chi connectivity index (χ3n) is 2.35. The van der Waals surface area contributed by atoms with Crippen molar-refractivity contribution in [2.75, 3.05) is 7.11 Å². The summed E-state index contributed by atoms with van der Waals surface area (Å²) in [5.41, 5.74) is 0. The van der Waals surface area contributed by atoms with Gasteiger partial charge in [-0.1, -0.05) is 18.5 Å². The van der Waals surface area contributed by atoms with E-state index in [1.807, 2.05) is 0 Å². The molecule has 0 saturated heterocycles. The highest BCUT2D eigenvalue weighted by atomic mass is 35.5. The van der Waals surface area contributed by atoms with Crippen LogP contribution in [0.5, 0.6) is 0 Å². The van der Waals surface area contributed by atoms with Crippen LogP contribution in [0, 0.1) is 0 Å². The smallest absolute Gasteiger partial charge is 0.324 e. The summed E-state index contributed by atoms with van der Waals surface area (Å²) in [5, 5.41) is -0.733. The van der Waals surface area contributed by atoms with E-state index in [9.17, 15) is 13.2 Å². The predicted octanol–water partition coefficient (Wildman–Crippen LogP) is 2.07. The van der Waals surface area contributed by atoms with Crippen molar-refractivity contribution in [3.63, 3.8) is 0 Å². The zero-order chi connectivity index (χ0) is 13.1. The molecule has 0 aromatic heterocycles. The third kappa shape index (κ3) is 2.98. The second-order valence-electron chi connectivity index (χ2n) is 3.42. The van der Waals surface area contributed by atoms with Gasteiger partial charge in [0.15, 0.2) is 15.1 Å². The van der Waals surface area contributed by atoms with E-state index in [1.165, 1.54) is 31.4 Å². The Labute approximate surface area is 105 Å². The van der Waals surface area contributed by atoms with Gasteiger partial charge in [0.05, 0.1) is 12.0 Å². The molecule has 0 N–H and O–H groups in total. The number of hydrogen-bond donors (Lipinski definition) is 0. The van der Waals surface area contributed by atoms with Crippen molar-refractivity contribution in [1.82, 2.24) is 0 Å². The summed E-state index contributed by atoms with van der Waals surface area (Å²) >= 11 is 5.68. The van der Waals surface area contributed by atoms with E-state index in [0.29, 0.717) is 5.02 Å². The molecule has 0 aliphatic rings. The monoisotopic (exact) mass is 276 g/mol. The topological polar surface area (TPSA) is 60.4 Å². The Hall–Kier alpha value is -1.07. The van der Waals surface area contributed by atoms with Crippen LogP contribution in [0.25, 0.3) is 0 Å². The number of ether oxygens (including phenoxy) is 1. The highest BCUT2D eigenvalue weighted by Gasteiger charge is 2.33. The maximum atomic E-state index is 12.1. The Morgan fingerprint density at radius 3 is 2.29 bits per heavy atom. The third-order valence-corrected chi connectivity index (χ3v) is 4.81. The molecule has 0 heterocycles. The molecule has 1 rings (SSSR count). The quantitative estimate of drug-likeness (QED) is 0.790. The summed E-state index contributed by atoms with van der Waals surface area (Å²) in [6.45, 7) is 1.62. The number of carbonyl (C=O) groups excluding carboxylic acids is 1. The number of methoxy groups -OCH3 is 1. The van der Waals surface area contributed by atoms with E-state index in [0.717, 1.165) is 0 Å². The zero-order valence-electron chi connectivity index (χ0n) is 9.51. The Balaban J connectivity index is 3.17. The van der Waals surface area contributed by atoms with Crippen LogP contribution in [-0.2, 0) is 19.4 Å². The minimum Gasteiger partial charge on any atom is -0.468 e. The molecule has 1 atom stereocenters. The fourth-order valence-corrected chi connectivity index (χ4v) is 3.19. The maximum Gasteiger partial charge on any atom is 0.324 e. The first-order chi connectivity index (χ1) is 7.93. The average molecular weight is 277 g/mol. The number of benzene rings is 1. The molecular formula is C11H13ClO4S. The molecule has 0 saturated carbocycles. The summed E-state index contributed by atoms with van der Waals surface area (Å²) in [4.78, 5) is 11.5. The molecule has 17 heavy (non-hydrogen) atoms. The number of esters is 1. The van der Waals surface area contributed by atoms with Crippen LogP contribution in [0.2, 0.25) is 5.02 Å². The van der Waals surface area contributed by atoms with Crippen molar-refractivity contribution in [1.29, 1.82) is 0 Å². The highest BCUT2D eigenvalue weighted by Crippen LogP contribution is 2.21. The first-order valence-electron chi connectivity index (χ1n) is 5.00. The minimum absolute atomic E-state index is 0.0687. The van der Waals surface area contributed by atoms with E-state index in [4.69, 9.17) is 11.6 Å². The van der Waals surface area contributed by atoms with E-state index < -0.39 is 21.1 Å². The Kier molecular flexibility index (Phi) is 4.54. The van der Waals surface area contributed by atoms with Crippen molar-refractivity contribution < 1.29 is 17.9 Å². The molecule has 0 unspecified atom stereocenters. The normalized spacial score (nSPS) is 13.1. The summed E-state index contributed by atoms with van der Waals surface area (Å²) in [5.74, 6) is -0.748. The van der Waals surface area contributed by atoms with Gasteiger partial charge in [0.25, 0.3) is 0 Å². The van der Waals surface area contributed by atoms with Gasteiger partial charge in [0.1, 0.15) is 0 Å². The molecule has 6 heteroatoms. The van der Waals surface area contributed by atoms with Gasteiger partial charge in [0.2, 0.25) is 0 Å². The fourth-order valence-electron chi connectivity index (χ4n) is 1.43. The molecule has 0 bridgehead atoms. The maximum absolute atomic E-state index is 12.1. The van der Waals surface area contributed by atoms with Crippen LogP contribution in [0.3, 0.4) is 0 Å². The lowest BCUT2D eigenvalue weighted by molar-refractivity contribution is -0.140. The Morgan fingerprint density at radius 1 is 1.35 bits per heavy atom. The van der Waals surface area contributed by atoms with Gasteiger partial charge in [0, 0.05) is 5.02 Å². The van der Waals surface area contributed by atoms with E-state index >= 15 is 0 Å². The van der Waals surface area contributed by atoms with Gasteiger partial charge in [-0.05, 0) is 30.7 Å². The van der Waals surface area contributed by atoms with E-state index in [-0.39, 0.29) is 11.3 Å². The van der Waals surface area contributed by atoms with Gasteiger partial charge in [-0.3, -0.25) is 4.79 Å². The fraction of sp³-hybridized carbons (Fsp3) is 0.364. The van der Waals surface area contributed by atoms with Crippen molar-refractivity contribution >= 4 is 27.4 Å². The molecule has 0 aliphatic heterocycles. The van der Waals surface area contributed by atoms with Crippen LogP contribution in [0.15, 0.2) is 29.2 Å². The second kappa shape index (κ2) is 5.51. The van der Waals surface area contributed by atoms with Crippen LogP contribution in [0.4, 0.5) is 0 Å². The summed E-state index contributed by atoms with van der Waals surface area (Å²) in [6, 6.07) is 5.70. The molecule has 0 radical (unpaired) electrons. The number of rotatable bonds is 4. The lowest BCUT2D eigenvalue weighted by atomic mass is 10.3. The average Bonchev–Trinajstić information content (AvgIpc) is 2.29. The Morgan fingerprint density at radius 2 is 1.88 bits per heavy atom. The number of halogens is 1. The van der Waals surface area contributed by atoms with E-state index in [1.54, 1.807) is 6.92 Å². The van der Waals surface area contributed by atoms with Gasteiger partial charge in [-0.15, -0.1) is 0 Å². The van der Waals surface area contributed by atoms with Gasteiger partial charge < -0.3 is 4.74 Å². The van der Waals surface area contributed by atoms with Crippen LogP contribution >= 0.6 is 11.6 Å². The molecular weight excluding hydrogens is 264 g/mol. The molecule has 94 valence electrons. The lowest BCUT2D eigenvalue weighted by Gasteiger charge is -2.13. The first-order valence-corrected chi connectivity index (χ1v) is 6.93. The standard InChI is InChI=1S/C11H13ClO4S/c1-3-10(11(13)16-2)17(14,15)9-6-4-8(12)5-7-9/h4-7,10H,3H2,1-2H3/t10-/m1/s1. The molecule has 4 nitrogen and oxygen atoms in total. The first kappa shape index (κ1) is 14.0. The highest BCUT2D eigenvalue weighted by molar-refractivity contribution is 7.92. The SMILES string of the molecule is CC[C@H](C(=O)OC)S(=O)(=O)c1ccc(Cl)cc1. The summed E-state index contributed by atoms with van der Waals surface area (Å²) < 4.78 is 28.8. The molecule has 0 aliphatic carbocycles. The largest absolute Gasteiger partial charge is 0.468 e. The van der Waals surface area contributed by atoms with Crippen molar-refractivity contribution in [3.05, 3.63) is 29.3 Å². The Bertz CT molecular complexity index is 493. The summed E-state index contributed by atoms with van der Waals surface area (Å²) in [6.07, 6.45) is 0.164. The van der Waals surface area contributed by atoms with Crippen molar-refractivity contribution in [2.45, 2.75) is 23.5 Å².